The highest BCUT2D eigenvalue weighted by Crippen LogP contribution is 2.47. The first-order chi connectivity index (χ1) is 28.2. The Morgan fingerprint density at radius 1 is 0.316 bits per heavy atom. The molecule has 1 aliphatic heterocycles. The van der Waals surface area contributed by atoms with E-state index in [0.717, 1.165) is 83.4 Å². The Kier molecular flexibility index (Phi) is 7.71. The molecule has 6 heteroatoms. The number of aromatic nitrogens is 3. The average Bonchev–Trinajstić information content (AvgIpc) is 3.66. The number of para-hydroxylation sites is 3. The van der Waals surface area contributed by atoms with Crippen molar-refractivity contribution < 1.29 is 13.9 Å². The molecule has 0 N–H and O–H groups in total. The van der Waals surface area contributed by atoms with Crippen molar-refractivity contribution in [2.45, 2.75) is 0 Å². The molecule has 0 spiro atoms. The number of ether oxygens (including phenoxy) is 2. The molecule has 0 saturated heterocycles. The maximum Gasteiger partial charge on any atom is 0.170 e. The summed E-state index contributed by atoms with van der Waals surface area (Å²) in [6.45, 7) is 0. The Labute approximate surface area is 328 Å². The van der Waals surface area contributed by atoms with Crippen LogP contribution in [0.3, 0.4) is 0 Å². The Balaban J connectivity index is 1.08. The van der Waals surface area contributed by atoms with Gasteiger partial charge in [0.1, 0.15) is 11.2 Å². The molecule has 0 saturated carbocycles. The van der Waals surface area contributed by atoms with E-state index in [1.807, 2.05) is 103 Å². The third-order valence-electron chi connectivity index (χ3n) is 10.5. The summed E-state index contributed by atoms with van der Waals surface area (Å²) in [7, 11) is 0. The van der Waals surface area contributed by atoms with Gasteiger partial charge in [-0.15, -0.1) is 0 Å². The van der Waals surface area contributed by atoms with Gasteiger partial charge in [0.05, 0.1) is 11.4 Å². The normalized spacial score (nSPS) is 11.8. The van der Waals surface area contributed by atoms with Crippen molar-refractivity contribution in [3.05, 3.63) is 188 Å². The summed E-state index contributed by atoms with van der Waals surface area (Å²) in [6, 6.07) is 59.8. The van der Waals surface area contributed by atoms with Crippen molar-refractivity contribution in [3.8, 4) is 90.3 Å². The molecule has 268 valence electrons. The number of pyridine rings is 1. The van der Waals surface area contributed by atoms with Crippen molar-refractivity contribution in [2.24, 2.45) is 0 Å². The molecule has 11 rings (SSSR count). The lowest BCUT2D eigenvalue weighted by molar-refractivity contribution is 0.360. The summed E-state index contributed by atoms with van der Waals surface area (Å²) in [6.07, 6.45) is 3.64. The summed E-state index contributed by atoms with van der Waals surface area (Å²) in [5.74, 6) is 3.38. The van der Waals surface area contributed by atoms with Crippen LogP contribution >= 0.6 is 0 Å². The van der Waals surface area contributed by atoms with E-state index in [1.54, 1.807) is 0 Å². The Hall–Kier alpha value is -7.83. The fraction of sp³-hybridized carbons (Fsp3) is 0. The van der Waals surface area contributed by atoms with E-state index >= 15 is 0 Å². The maximum atomic E-state index is 6.35. The van der Waals surface area contributed by atoms with Gasteiger partial charge in [0.15, 0.2) is 28.8 Å². The van der Waals surface area contributed by atoms with Crippen molar-refractivity contribution in [3.63, 3.8) is 0 Å². The quantitative estimate of drug-likeness (QED) is 0.169. The zero-order valence-electron chi connectivity index (χ0n) is 30.5. The second-order valence-electron chi connectivity index (χ2n) is 14.1. The molecular weight excluding hydrogens is 703 g/mol. The summed E-state index contributed by atoms with van der Waals surface area (Å²) in [4.78, 5) is 14.6. The van der Waals surface area contributed by atoms with Gasteiger partial charge in [0.25, 0.3) is 0 Å². The topological polar surface area (TPSA) is 70.3 Å². The Morgan fingerprint density at radius 2 is 0.877 bits per heavy atom. The molecule has 57 heavy (non-hydrogen) atoms. The van der Waals surface area contributed by atoms with Crippen LogP contribution in [0.2, 0.25) is 0 Å². The summed E-state index contributed by atoms with van der Waals surface area (Å²) < 4.78 is 18.7. The van der Waals surface area contributed by atoms with E-state index in [2.05, 4.69) is 89.9 Å². The largest absolute Gasteiger partial charge is 0.456 e. The van der Waals surface area contributed by atoms with Gasteiger partial charge in [0, 0.05) is 39.9 Å². The van der Waals surface area contributed by atoms with Gasteiger partial charge in [-0.1, -0.05) is 91.0 Å². The van der Waals surface area contributed by atoms with E-state index in [0.29, 0.717) is 28.8 Å². The zero-order valence-corrected chi connectivity index (χ0v) is 30.5. The van der Waals surface area contributed by atoms with Crippen LogP contribution in [0.4, 0.5) is 0 Å². The van der Waals surface area contributed by atoms with Crippen LogP contribution in [0.5, 0.6) is 23.0 Å². The van der Waals surface area contributed by atoms with Crippen LogP contribution in [0, 0.1) is 0 Å². The summed E-state index contributed by atoms with van der Waals surface area (Å²) >= 11 is 0. The molecule has 6 nitrogen and oxygen atoms in total. The predicted octanol–water partition coefficient (Wildman–Crippen LogP) is 13.7. The molecule has 0 amide bonds. The molecule has 7 aromatic carbocycles. The van der Waals surface area contributed by atoms with E-state index < -0.39 is 0 Å². The molecular formula is C51H31N3O3. The van der Waals surface area contributed by atoms with Crippen LogP contribution in [0.15, 0.2) is 193 Å². The van der Waals surface area contributed by atoms with E-state index in [9.17, 15) is 0 Å². The minimum atomic E-state index is 0.645. The number of rotatable bonds is 6. The summed E-state index contributed by atoms with van der Waals surface area (Å²) in [5.41, 5.74) is 12.6. The van der Waals surface area contributed by atoms with Crippen LogP contribution in [0.1, 0.15) is 0 Å². The number of nitrogens with zero attached hydrogens (tertiary/aromatic N) is 3. The molecule has 4 heterocycles. The number of hydrogen-bond acceptors (Lipinski definition) is 6. The Morgan fingerprint density at radius 3 is 1.67 bits per heavy atom. The van der Waals surface area contributed by atoms with E-state index in [1.165, 1.54) is 0 Å². The second kappa shape index (κ2) is 13.5. The monoisotopic (exact) mass is 733 g/mol. The highest BCUT2D eigenvalue weighted by atomic mass is 16.6. The third-order valence-corrected chi connectivity index (χ3v) is 10.5. The standard InChI is InChI=1S/C51H31N3O3/c1-2-8-35(9-3-1)51-53-43(37-19-20-46-42(29-37)41-10-4-5-11-45(41)55-46)31-44(54-51)40-27-38(33-16-14-32(15-17-33)34-22-24-52-25-23-34)26-39(28-40)36-18-21-49-50(30-36)57-48-13-7-6-12-47(48)56-49/h1-31H. The minimum absolute atomic E-state index is 0.645. The predicted molar refractivity (Wildman–Crippen MR) is 226 cm³/mol. The molecule has 0 atom stereocenters. The van der Waals surface area contributed by atoms with Gasteiger partial charge in [-0.05, 0) is 118 Å². The van der Waals surface area contributed by atoms with Crippen molar-refractivity contribution in [1.82, 2.24) is 15.0 Å². The first-order valence-corrected chi connectivity index (χ1v) is 18.8. The van der Waals surface area contributed by atoms with Crippen molar-refractivity contribution in [2.75, 3.05) is 0 Å². The third kappa shape index (κ3) is 6.06. The SMILES string of the molecule is c1ccc(-c2nc(-c3cc(-c4ccc(-c5ccncc5)cc4)cc(-c4ccc5c(c4)Oc4ccccc4O5)c3)cc(-c3ccc4oc5ccccc5c4c3)n2)cc1. The molecule has 0 bridgehead atoms. The number of fused-ring (bicyclic) bond motifs is 5. The van der Waals surface area contributed by atoms with Gasteiger partial charge in [-0.25, -0.2) is 9.97 Å². The lowest BCUT2D eigenvalue weighted by Gasteiger charge is -2.21. The summed E-state index contributed by atoms with van der Waals surface area (Å²) in [5, 5.41) is 2.12. The number of benzene rings is 7. The minimum Gasteiger partial charge on any atom is -0.456 e. The molecule has 0 unspecified atom stereocenters. The highest BCUT2D eigenvalue weighted by molar-refractivity contribution is 6.06. The van der Waals surface area contributed by atoms with Crippen LogP contribution < -0.4 is 9.47 Å². The van der Waals surface area contributed by atoms with Gasteiger partial charge in [-0.3, -0.25) is 4.98 Å². The van der Waals surface area contributed by atoms with Gasteiger partial charge in [-0.2, -0.15) is 0 Å². The van der Waals surface area contributed by atoms with E-state index in [-0.39, 0.29) is 0 Å². The lowest BCUT2D eigenvalue weighted by Crippen LogP contribution is -1.99. The highest BCUT2D eigenvalue weighted by Gasteiger charge is 2.20. The number of hydrogen-bond donors (Lipinski definition) is 0. The lowest BCUT2D eigenvalue weighted by atomic mass is 9.93. The van der Waals surface area contributed by atoms with Crippen LogP contribution in [-0.4, -0.2) is 15.0 Å². The van der Waals surface area contributed by atoms with Gasteiger partial charge < -0.3 is 13.9 Å². The fourth-order valence-corrected chi connectivity index (χ4v) is 7.56. The first-order valence-electron chi connectivity index (χ1n) is 18.8. The van der Waals surface area contributed by atoms with Crippen LogP contribution in [0.25, 0.3) is 89.2 Å². The molecule has 0 radical (unpaired) electrons. The maximum absolute atomic E-state index is 6.35. The van der Waals surface area contributed by atoms with Crippen molar-refractivity contribution >= 4 is 21.9 Å². The Bertz CT molecular complexity index is 3120. The molecule has 10 aromatic rings. The average molecular weight is 734 g/mol. The second-order valence-corrected chi connectivity index (χ2v) is 14.1. The van der Waals surface area contributed by atoms with Crippen LogP contribution in [-0.2, 0) is 0 Å². The molecule has 1 aliphatic rings. The van der Waals surface area contributed by atoms with E-state index in [4.69, 9.17) is 23.9 Å². The molecule has 0 aliphatic carbocycles. The van der Waals surface area contributed by atoms with Gasteiger partial charge in [0.2, 0.25) is 0 Å². The van der Waals surface area contributed by atoms with Gasteiger partial charge >= 0.3 is 0 Å². The molecule has 3 aromatic heterocycles. The van der Waals surface area contributed by atoms with Crippen molar-refractivity contribution in [1.29, 1.82) is 0 Å². The fourth-order valence-electron chi connectivity index (χ4n) is 7.56. The smallest absolute Gasteiger partial charge is 0.170 e. The zero-order chi connectivity index (χ0) is 37.7. The molecule has 0 fully saturated rings. The number of furan rings is 1. The first kappa shape index (κ1) is 32.6.